The third-order valence-electron chi connectivity index (χ3n) is 3.68. The standard InChI is InChI=1S/C16H17N3O/c1-10-3-6-13(7-11(10)2)19-16(20)15-8-14(12-4-5-12)17-9-18-15/h3,6-9,12H,4-5H2,1-2H3,(H,19,20). The highest BCUT2D eigenvalue weighted by Gasteiger charge is 2.25. The summed E-state index contributed by atoms with van der Waals surface area (Å²) in [7, 11) is 0. The van der Waals surface area contributed by atoms with Gasteiger partial charge < -0.3 is 5.32 Å². The van der Waals surface area contributed by atoms with Crippen molar-refractivity contribution in [1.82, 2.24) is 9.97 Å². The number of benzene rings is 1. The molecular weight excluding hydrogens is 250 g/mol. The molecule has 20 heavy (non-hydrogen) atoms. The van der Waals surface area contributed by atoms with E-state index >= 15 is 0 Å². The molecule has 0 saturated heterocycles. The van der Waals surface area contributed by atoms with Crippen molar-refractivity contribution in [2.24, 2.45) is 0 Å². The van der Waals surface area contributed by atoms with Gasteiger partial charge in [0.2, 0.25) is 0 Å². The lowest BCUT2D eigenvalue weighted by molar-refractivity contribution is 0.102. The van der Waals surface area contributed by atoms with Gasteiger partial charge >= 0.3 is 0 Å². The van der Waals surface area contributed by atoms with Gasteiger partial charge in [0.15, 0.2) is 0 Å². The molecule has 0 bridgehead atoms. The predicted octanol–water partition coefficient (Wildman–Crippen LogP) is 3.22. The fourth-order valence-corrected chi connectivity index (χ4v) is 2.11. The van der Waals surface area contributed by atoms with Gasteiger partial charge in [0.25, 0.3) is 5.91 Å². The van der Waals surface area contributed by atoms with Crippen molar-refractivity contribution in [3.05, 3.63) is 53.1 Å². The lowest BCUT2D eigenvalue weighted by Crippen LogP contribution is -2.14. The maximum atomic E-state index is 12.2. The lowest BCUT2D eigenvalue weighted by Gasteiger charge is -2.07. The molecule has 1 saturated carbocycles. The maximum absolute atomic E-state index is 12.2. The summed E-state index contributed by atoms with van der Waals surface area (Å²) in [4.78, 5) is 20.5. The van der Waals surface area contributed by atoms with Crippen LogP contribution in [0, 0.1) is 13.8 Å². The molecule has 4 nitrogen and oxygen atoms in total. The first-order chi connectivity index (χ1) is 9.63. The first-order valence-corrected chi connectivity index (χ1v) is 6.84. The van der Waals surface area contributed by atoms with Crippen LogP contribution >= 0.6 is 0 Å². The normalized spacial score (nSPS) is 14.1. The Kier molecular flexibility index (Phi) is 3.22. The van der Waals surface area contributed by atoms with E-state index in [9.17, 15) is 4.79 Å². The summed E-state index contributed by atoms with van der Waals surface area (Å²) in [5, 5.41) is 2.88. The second kappa shape index (κ2) is 5.04. The van der Waals surface area contributed by atoms with E-state index in [1.165, 1.54) is 11.9 Å². The van der Waals surface area contributed by atoms with E-state index in [4.69, 9.17) is 0 Å². The van der Waals surface area contributed by atoms with Gasteiger partial charge in [0.05, 0.1) is 0 Å². The first kappa shape index (κ1) is 12.8. The number of amides is 1. The van der Waals surface area contributed by atoms with Crippen molar-refractivity contribution in [1.29, 1.82) is 0 Å². The number of nitrogens with zero attached hydrogens (tertiary/aromatic N) is 2. The third-order valence-corrected chi connectivity index (χ3v) is 3.68. The van der Waals surface area contributed by atoms with E-state index in [1.807, 2.05) is 32.0 Å². The number of hydrogen-bond donors (Lipinski definition) is 1. The Morgan fingerprint density at radius 2 is 1.95 bits per heavy atom. The van der Waals surface area contributed by atoms with E-state index in [-0.39, 0.29) is 5.91 Å². The Labute approximate surface area is 118 Å². The van der Waals surface area contributed by atoms with E-state index in [0.29, 0.717) is 11.6 Å². The Balaban J connectivity index is 1.78. The second-order valence-corrected chi connectivity index (χ2v) is 5.36. The molecule has 1 aromatic carbocycles. The average molecular weight is 267 g/mol. The smallest absolute Gasteiger partial charge is 0.274 e. The molecule has 2 aromatic rings. The number of anilines is 1. The monoisotopic (exact) mass is 267 g/mol. The molecule has 102 valence electrons. The summed E-state index contributed by atoms with van der Waals surface area (Å²) in [6.07, 6.45) is 3.80. The highest BCUT2D eigenvalue weighted by Crippen LogP contribution is 2.38. The molecule has 4 heteroatoms. The number of hydrogen-bond acceptors (Lipinski definition) is 3. The topological polar surface area (TPSA) is 54.9 Å². The third kappa shape index (κ3) is 2.69. The fourth-order valence-electron chi connectivity index (χ4n) is 2.11. The minimum atomic E-state index is -0.183. The zero-order valence-electron chi connectivity index (χ0n) is 11.7. The van der Waals surface area contributed by atoms with Gasteiger partial charge in [0, 0.05) is 17.3 Å². The summed E-state index contributed by atoms with van der Waals surface area (Å²) < 4.78 is 0. The van der Waals surface area contributed by atoms with Crippen LogP contribution in [0.3, 0.4) is 0 Å². The van der Waals surface area contributed by atoms with Crippen LogP contribution in [0.4, 0.5) is 5.69 Å². The molecule has 0 aliphatic heterocycles. The van der Waals surface area contributed by atoms with Crippen LogP contribution in [0.25, 0.3) is 0 Å². The Bertz CT molecular complexity index is 663. The second-order valence-electron chi connectivity index (χ2n) is 5.36. The number of aryl methyl sites for hydroxylation is 2. The first-order valence-electron chi connectivity index (χ1n) is 6.84. The quantitative estimate of drug-likeness (QED) is 0.929. The van der Waals surface area contributed by atoms with Gasteiger partial charge in [-0.15, -0.1) is 0 Å². The molecule has 1 amide bonds. The highest BCUT2D eigenvalue weighted by molar-refractivity contribution is 6.02. The molecule has 1 aromatic heterocycles. The number of nitrogens with one attached hydrogen (secondary N) is 1. The summed E-state index contributed by atoms with van der Waals surface area (Å²) in [5.74, 6) is 0.337. The van der Waals surface area contributed by atoms with Crippen molar-refractivity contribution < 1.29 is 4.79 Å². The van der Waals surface area contributed by atoms with Crippen LogP contribution in [-0.4, -0.2) is 15.9 Å². The van der Waals surface area contributed by atoms with Crippen LogP contribution in [0.15, 0.2) is 30.6 Å². The van der Waals surface area contributed by atoms with Gasteiger partial charge in [0.1, 0.15) is 12.0 Å². The van der Waals surface area contributed by atoms with Crippen molar-refractivity contribution in [2.75, 3.05) is 5.32 Å². The zero-order chi connectivity index (χ0) is 14.1. The van der Waals surface area contributed by atoms with Gasteiger partial charge in [-0.2, -0.15) is 0 Å². The van der Waals surface area contributed by atoms with Crippen LogP contribution < -0.4 is 5.32 Å². The molecule has 0 unspecified atom stereocenters. The Morgan fingerprint density at radius 1 is 1.15 bits per heavy atom. The molecule has 3 rings (SSSR count). The summed E-state index contributed by atoms with van der Waals surface area (Å²) in [6.45, 7) is 4.08. The maximum Gasteiger partial charge on any atom is 0.274 e. The molecule has 1 aliphatic rings. The van der Waals surface area contributed by atoms with E-state index in [2.05, 4.69) is 15.3 Å². The predicted molar refractivity (Wildman–Crippen MR) is 77.9 cm³/mol. The van der Waals surface area contributed by atoms with Gasteiger partial charge in [-0.3, -0.25) is 4.79 Å². The van der Waals surface area contributed by atoms with Crippen LogP contribution in [0.2, 0.25) is 0 Å². The largest absolute Gasteiger partial charge is 0.321 e. The number of aromatic nitrogens is 2. The van der Waals surface area contributed by atoms with Crippen molar-refractivity contribution >= 4 is 11.6 Å². The summed E-state index contributed by atoms with van der Waals surface area (Å²) >= 11 is 0. The SMILES string of the molecule is Cc1ccc(NC(=O)c2cc(C3CC3)ncn2)cc1C. The molecule has 0 radical (unpaired) electrons. The van der Waals surface area contributed by atoms with Crippen LogP contribution in [-0.2, 0) is 0 Å². The van der Waals surface area contributed by atoms with Crippen LogP contribution in [0.5, 0.6) is 0 Å². The molecule has 0 spiro atoms. The Hall–Kier alpha value is -2.23. The minimum absolute atomic E-state index is 0.183. The zero-order valence-corrected chi connectivity index (χ0v) is 11.7. The number of carbonyl (C=O) groups excluding carboxylic acids is 1. The number of carbonyl (C=O) groups is 1. The summed E-state index contributed by atoms with van der Waals surface area (Å²) in [5.41, 5.74) is 4.57. The molecule has 1 N–H and O–H groups in total. The molecule has 1 fully saturated rings. The molecule has 1 heterocycles. The summed E-state index contributed by atoms with van der Waals surface area (Å²) in [6, 6.07) is 7.67. The minimum Gasteiger partial charge on any atom is -0.321 e. The van der Waals surface area contributed by atoms with Crippen molar-refractivity contribution in [3.63, 3.8) is 0 Å². The van der Waals surface area contributed by atoms with Gasteiger partial charge in [-0.05, 0) is 56.0 Å². The van der Waals surface area contributed by atoms with Crippen molar-refractivity contribution in [3.8, 4) is 0 Å². The van der Waals surface area contributed by atoms with Crippen molar-refractivity contribution in [2.45, 2.75) is 32.6 Å². The van der Waals surface area contributed by atoms with Crippen LogP contribution in [0.1, 0.15) is 46.1 Å². The van der Waals surface area contributed by atoms with E-state index in [0.717, 1.165) is 29.8 Å². The molecular formula is C16H17N3O. The average Bonchev–Trinajstić information content (AvgIpc) is 3.28. The Morgan fingerprint density at radius 3 is 2.65 bits per heavy atom. The molecule has 0 atom stereocenters. The van der Waals surface area contributed by atoms with E-state index < -0.39 is 0 Å². The number of rotatable bonds is 3. The fraction of sp³-hybridized carbons (Fsp3) is 0.312. The lowest BCUT2D eigenvalue weighted by atomic mass is 10.1. The van der Waals surface area contributed by atoms with Gasteiger partial charge in [-0.25, -0.2) is 9.97 Å². The van der Waals surface area contributed by atoms with Gasteiger partial charge in [-0.1, -0.05) is 6.07 Å². The highest BCUT2D eigenvalue weighted by atomic mass is 16.1. The van der Waals surface area contributed by atoms with E-state index in [1.54, 1.807) is 6.07 Å². The molecule has 1 aliphatic carbocycles.